The highest BCUT2D eigenvalue weighted by atomic mass is 16.5. The van der Waals surface area contributed by atoms with Crippen LogP contribution >= 0.6 is 0 Å². The molecule has 1 heterocycles. The molecule has 1 saturated carbocycles. The van der Waals surface area contributed by atoms with Crippen LogP contribution in [0.2, 0.25) is 0 Å². The van der Waals surface area contributed by atoms with Gasteiger partial charge in [-0.2, -0.15) is 0 Å². The number of esters is 1. The second-order valence-corrected chi connectivity index (χ2v) is 8.07. The third-order valence-electron chi connectivity index (χ3n) is 5.96. The van der Waals surface area contributed by atoms with Gasteiger partial charge in [-0.25, -0.2) is 4.79 Å². The first-order chi connectivity index (χ1) is 13.1. The zero-order chi connectivity index (χ0) is 21.2. The summed E-state index contributed by atoms with van der Waals surface area (Å²) in [6.07, 6.45) is 3.95. The molecule has 0 aliphatic heterocycles. The molecule has 1 atom stereocenters. The molecule has 6 heteroatoms. The van der Waals surface area contributed by atoms with E-state index in [1.165, 1.54) is 0 Å². The van der Waals surface area contributed by atoms with E-state index >= 15 is 0 Å². The third kappa shape index (κ3) is 4.01. The van der Waals surface area contributed by atoms with E-state index in [0.29, 0.717) is 16.8 Å². The fourth-order valence-corrected chi connectivity index (χ4v) is 4.44. The van der Waals surface area contributed by atoms with Crippen molar-refractivity contribution in [3.8, 4) is 0 Å². The first-order valence-corrected chi connectivity index (χ1v) is 10.3. The lowest BCUT2D eigenvalue weighted by Crippen LogP contribution is -2.49. The van der Waals surface area contributed by atoms with Crippen molar-refractivity contribution in [1.82, 2.24) is 9.47 Å². The number of rotatable bonds is 7. The molecule has 1 aliphatic carbocycles. The average molecular weight is 391 g/mol. The number of nitrogens with zero attached hydrogens (tertiary/aromatic N) is 2. The molecule has 1 fully saturated rings. The summed E-state index contributed by atoms with van der Waals surface area (Å²) in [4.78, 5) is 40.6. The summed E-state index contributed by atoms with van der Waals surface area (Å²) in [5.74, 6) is -0.461. The highest BCUT2D eigenvalue weighted by molar-refractivity contribution is 6.06. The molecule has 28 heavy (non-hydrogen) atoms. The van der Waals surface area contributed by atoms with Crippen LogP contribution in [0, 0.1) is 19.8 Å². The van der Waals surface area contributed by atoms with E-state index in [1.54, 1.807) is 37.3 Å². The summed E-state index contributed by atoms with van der Waals surface area (Å²) in [6, 6.07) is -0.649. The van der Waals surface area contributed by atoms with Gasteiger partial charge in [-0.1, -0.05) is 12.8 Å². The third-order valence-corrected chi connectivity index (χ3v) is 5.96. The average Bonchev–Trinajstić information content (AvgIpc) is 3.22. The maximum atomic E-state index is 13.4. The molecule has 1 aliphatic rings. The van der Waals surface area contributed by atoms with E-state index in [2.05, 4.69) is 0 Å². The standard InChI is InChI=1S/C22H34N2O4/c1-8-28-22(27)19-14(4)18(15(5)23(19)7)20(25)16(6)24(13(2)3)21(26)17-11-9-10-12-17/h13,16-17H,8-12H2,1-7H3. The van der Waals surface area contributed by atoms with Crippen molar-refractivity contribution in [3.63, 3.8) is 0 Å². The molecule has 1 unspecified atom stereocenters. The summed E-state index contributed by atoms with van der Waals surface area (Å²) < 4.78 is 6.87. The van der Waals surface area contributed by atoms with Gasteiger partial charge in [0.25, 0.3) is 0 Å². The number of ketones is 1. The van der Waals surface area contributed by atoms with Gasteiger partial charge >= 0.3 is 5.97 Å². The Bertz CT molecular complexity index is 757. The fourth-order valence-electron chi connectivity index (χ4n) is 4.44. The van der Waals surface area contributed by atoms with Gasteiger partial charge in [0.2, 0.25) is 5.91 Å². The Morgan fingerprint density at radius 3 is 2.21 bits per heavy atom. The molecule has 0 N–H and O–H groups in total. The second-order valence-electron chi connectivity index (χ2n) is 8.07. The predicted molar refractivity (Wildman–Crippen MR) is 109 cm³/mol. The van der Waals surface area contributed by atoms with Crippen molar-refractivity contribution in [2.45, 2.75) is 79.3 Å². The SMILES string of the molecule is CCOC(=O)c1c(C)c(C(=O)C(C)N(C(=O)C2CCCC2)C(C)C)c(C)n1C. The van der Waals surface area contributed by atoms with E-state index in [4.69, 9.17) is 4.74 Å². The Balaban J connectivity index is 2.39. The minimum atomic E-state index is -0.581. The first kappa shape index (κ1) is 22.2. The van der Waals surface area contributed by atoms with Crippen molar-refractivity contribution < 1.29 is 19.1 Å². The lowest BCUT2D eigenvalue weighted by atomic mass is 9.97. The highest BCUT2D eigenvalue weighted by Gasteiger charge is 2.36. The van der Waals surface area contributed by atoms with Crippen molar-refractivity contribution in [3.05, 3.63) is 22.5 Å². The fraction of sp³-hybridized carbons (Fsp3) is 0.682. The van der Waals surface area contributed by atoms with Gasteiger partial charge < -0.3 is 14.2 Å². The van der Waals surface area contributed by atoms with Crippen LogP contribution in [-0.4, -0.2) is 45.8 Å². The predicted octanol–water partition coefficient (Wildman–Crippen LogP) is 3.82. The molecule has 1 amide bonds. The van der Waals surface area contributed by atoms with Crippen molar-refractivity contribution in [2.75, 3.05) is 6.61 Å². The van der Waals surface area contributed by atoms with Gasteiger partial charge in [0.15, 0.2) is 5.78 Å². The number of aromatic nitrogens is 1. The smallest absolute Gasteiger partial charge is 0.355 e. The van der Waals surface area contributed by atoms with Crippen LogP contribution in [0.25, 0.3) is 0 Å². The highest BCUT2D eigenvalue weighted by Crippen LogP contribution is 2.30. The van der Waals surface area contributed by atoms with E-state index in [9.17, 15) is 14.4 Å². The van der Waals surface area contributed by atoms with Crippen LogP contribution in [0.15, 0.2) is 0 Å². The van der Waals surface area contributed by atoms with E-state index in [1.807, 2.05) is 20.8 Å². The van der Waals surface area contributed by atoms with E-state index in [0.717, 1.165) is 31.4 Å². The second kappa shape index (κ2) is 8.93. The molecule has 0 aromatic carbocycles. The molecule has 1 aromatic heterocycles. The molecule has 0 radical (unpaired) electrons. The largest absolute Gasteiger partial charge is 0.461 e. The maximum absolute atomic E-state index is 13.4. The monoisotopic (exact) mass is 390 g/mol. The lowest BCUT2D eigenvalue weighted by molar-refractivity contribution is -0.138. The Labute approximate surface area is 168 Å². The van der Waals surface area contributed by atoms with Gasteiger partial charge in [-0.3, -0.25) is 9.59 Å². The Morgan fingerprint density at radius 2 is 1.71 bits per heavy atom. The van der Waals surface area contributed by atoms with Crippen molar-refractivity contribution >= 4 is 17.7 Å². The van der Waals surface area contributed by atoms with E-state index < -0.39 is 12.0 Å². The lowest BCUT2D eigenvalue weighted by Gasteiger charge is -2.34. The number of amides is 1. The number of hydrogen-bond donors (Lipinski definition) is 0. The Hall–Kier alpha value is -2.11. The molecular formula is C22H34N2O4. The van der Waals surface area contributed by atoms with Crippen LogP contribution in [0.1, 0.15) is 85.5 Å². The number of carbonyl (C=O) groups excluding carboxylic acids is 3. The molecule has 2 rings (SSSR count). The van der Waals surface area contributed by atoms with Crippen LogP contribution in [0.4, 0.5) is 0 Å². The van der Waals surface area contributed by atoms with Crippen molar-refractivity contribution in [2.24, 2.45) is 13.0 Å². The number of ether oxygens (including phenoxy) is 1. The zero-order valence-corrected chi connectivity index (χ0v) is 18.3. The van der Waals surface area contributed by atoms with Crippen LogP contribution in [-0.2, 0) is 16.6 Å². The zero-order valence-electron chi connectivity index (χ0n) is 18.3. The molecule has 1 aromatic rings. The van der Waals surface area contributed by atoms with Gasteiger partial charge in [0, 0.05) is 30.3 Å². The van der Waals surface area contributed by atoms with Crippen LogP contribution < -0.4 is 0 Å². The number of carbonyl (C=O) groups is 3. The first-order valence-electron chi connectivity index (χ1n) is 10.3. The summed E-state index contributed by atoms with van der Waals surface area (Å²) in [5.41, 5.74) is 2.25. The molecule has 156 valence electrons. The minimum absolute atomic E-state index is 0.0192. The van der Waals surface area contributed by atoms with Gasteiger partial charge in [0.1, 0.15) is 5.69 Å². The molecular weight excluding hydrogens is 356 g/mol. The van der Waals surface area contributed by atoms with Gasteiger partial charge in [0.05, 0.1) is 12.6 Å². The maximum Gasteiger partial charge on any atom is 0.355 e. The summed E-state index contributed by atoms with van der Waals surface area (Å²) in [5, 5.41) is 0. The normalized spacial score (nSPS) is 15.7. The summed E-state index contributed by atoms with van der Waals surface area (Å²) in [6.45, 7) is 11.3. The molecule has 6 nitrogen and oxygen atoms in total. The van der Waals surface area contributed by atoms with E-state index in [-0.39, 0.29) is 30.3 Å². The molecule has 0 saturated heterocycles. The molecule has 0 bridgehead atoms. The quantitative estimate of drug-likeness (QED) is 0.524. The van der Waals surface area contributed by atoms with Gasteiger partial charge in [-0.15, -0.1) is 0 Å². The number of Topliss-reactive ketones (excluding diaryl/α,β-unsaturated/α-hetero) is 1. The Morgan fingerprint density at radius 1 is 1.14 bits per heavy atom. The summed E-state index contributed by atoms with van der Waals surface area (Å²) >= 11 is 0. The topological polar surface area (TPSA) is 68.6 Å². The Kier molecular flexibility index (Phi) is 7.07. The van der Waals surface area contributed by atoms with Crippen LogP contribution in [0.3, 0.4) is 0 Å². The summed E-state index contributed by atoms with van der Waals surface area (Å²) in [7, 11) is 1.76. The van der Waals surface area contributed by atoms with Crippen LogP contribution in [0.5, 0.6) is 0 Å². The number of hydrogen-bond acceptors (Lipinski definition) is 4. The minimum Gasteiger partial charge on any atom is -0.461 e. The van der Waals surface area contributed by atoms with Crippen molar-refractivity contribution in [1.29, 1.82) is 0 Å². The van der Waals surface area contributed by atoms with Gasteiger partial charge in [-0.05, 0) is 59.9 Å². The molecule has 0 spiro atoms.